The normalized spacial score (nSPS) is 29.9. The highest BCUT2D eigenvalue weighted by Gasteiger charge is 2.51. The topological polar surface area (TPSA) is 71.1 Å². The fourth-order valence-electron chi connectivity index (χ4n) is 2.74. The third kappa shape index (κ3) is 2.98. The van der Waals surface area contributed by atoms with Crippen molar-refractivity contribution in [3.63, 3.8) is 0 Å². The molecule has 0 saturated carbocycles. The van der Waals surface area contributed by atoms with Crippen LogP contribution in [0.3, 0.4) is 0 Å². The molecule has 6 heteroatoms. The summed E-state index contributed by atoms with van der Waals surface area (Å²) in [6.07, 6.45) is -1.69. The molecule has 4 atom stereocenters. The van der Waals surface area contributed by atoms with Crippen LogP contribution < -0.4 is 0 Å². The fourth-order valence-corrected chi connectivity index (χ4v) is 2.74. The first-order valence-corrected chi connectivity index (χ1v) is 7.22. The fraction of sp³-hybridized carbons (Fsp3) is 0.500. The third-order valence-corrected chi connectivity index (χ3v) is 3.83. The lowest BCUT2D eigenvalue weighted by molar-refractivity contribution is -0.151. The number of hydrogen-bond acceptors (Lipinski definition) is 6. The molecule has 2 saturated heterocycles. The summed E-state index contributed by atoms with van der Waals surface area (Å²) in [6.45, 7) is 3.79. The van der Waals surface area contributed by atoms with Crippen molar-refractivity contribution in [1.82, 2.24) is 0 Å². The average molecular weight is 306 g/mol. The van der Waals surface area contributed by atoms with Crippen molar-refractivity contribution >= 4 is 11.9 Å². The molecule has 4 unspecified atom stereocenters. The number of hydrogen-bond donors (Lipinski definition) is 0. The Bertz CT molecular complexity index is 567. The van der Waals surface area contributed by atoms with Crippen LogP contribution in [0.1, 0.15) is 22.8 Å². The van der Waals surface area contributed by atoms with Crippen molar-refractivity contribution < 1.29 is 28.5 Å². The molecule has 2 heterocycles. The van der Waals surface area contributed by atoms with E-state index in [0.29, 0.717) is 5.56 Å². The van der Waals surface area contributed by atoms with Gasteiger partial charge in [-0.3, -0.25) is 4.79 Å². The molecule has 6 nitrogen and oxygen atoms in total. The molecule has 2 aliphatic rings. The van der Waals surface area contributed by atoms with Crippen molar-refractivity contribution in [2.75, 3.05) is 13.2 Å². The van der Waals surface area contributed by atoms with Gasteiger partial charge >= 0.3 is 11.9 Å². The maximum atomic E-state index is 12.1. The van der Waals surface area contributed by atoms with E-state index in [2.05, 4.69) is 0 Å². The highest BCUT2D eigenvalue weighted by molar-refractivity contribution is 5.89. The summed E-state index contributed by atoms with van der Waals surface area (Å²) in [7, 11) is 0. The Kier molecular flexibility index (Phi) is 4.13. The second-order valence-electron chi connectivity index (χ2n) is 5.55. The minimum absolute atomic E-state index is 0.241. The Morgan fingerprint density at radius 2 is 1.55 bits per heavy atom. The van der Waals surface area contributed by atoms with E-state index in [0.717, 1.165) is 5.56 Å². The Morgan fingerprint density at radius 1 is 1.00 bits per heavy atom. The van der Waals surface area contributed by atoms with E-state index in [1.54, 1.807) is 12.1 Å². The quantitative estimate of drug-likeness (QED) is 0.783. The van der Waals surface area contributed by atoms with Crippen LogP contribution in [-0.2, 0) is 23.7 Å². The number of rotatable bonds is 3. The molecular formula is C16H18O6. The highest BCUT2D eigenvalue weighted by atomic mass is 16.7. The van der Waals surface area contributed by atoms with Gasteiger partial charge in [-0.1, -0.05) is 17.7 Å². The molecule has 118 valence electrons. The van der Waals surface area contributed by atoms with Gasteiger partial charge in [0.2, 0.25) is 0 Å². The predicted molar refractivity (Wildman–Crippen MR) is 75.4 cm³/mol. The summed E-state index contributed by atoms with van der Waals surface area (Å²) in [5.41, 5.74) is 1.56. The molecule has 0 radical (unpaired) electrons. The Labute approximate surface area is 128 Å². The molecule has 0 N–H and O–H groups in total. The lowest BCUT2D eigenvalue weighted by Crippen LogP contribution is -2.35. The van der Waals surface area contributed by atoms with Gasteiger partial charge in [0.15, 0.2) is 12.2 Å². The first-order chi connectivity index (χ1) is 10.5. The number of esters is 2. The van der Waals surface area contributed by atoms with E-state index >= 15 is 0 Å². The second-order valence-corrected chi connectivity index (χ2v) is 5.55. The largest absolute Gasteiger partial charge is 0.457 e. The molecule has 0 spiro atoms. The van der Waals surface area contributed by atoms with Crippen LogP contribution in [0.15, 0.2) is 24.3 Å². The molecule has 2 aliphatic heterocycles. The van der Waals surface area contributed by atoms with Crippen LogP contribution in [0.2, 0.25) is 0 Å². The van der Waals surface area contributed by atoms with Gasteiger partial charge in [0.25, 0.3) is 0 Å². The average Bonchev–Trinajstić information content (AvgIpc) is 3.03. The number of benzene rings is 1. The molecule has 0 bridgehead atoms. The molecule has 0 amide bonds. The molecule has 0 aromatic heterocycles. The van der Waals surface area contributed by atoms with E-state index in [9.17, 15) is 9.59 Å². The van der Waals surface area contributed by atoms with Gasteiger partial charge in [-0.25, -0.2) is 4.79 Å². The van der Waals surface area contributed by atoms with Gasteiger partial charge in [0, 0.05) is 6.92 Å². The van der Waals surface area contributed by atoms with Crippen LogP contribution in [0.4, 0.5) is 0 Å². The minimum Gasteiger partial charge on any atom is -0.457 e. The zero-order valence-corrected chi connectivity index (χ0v) is 12.5. The molecule has 1 aromatic carbocycles. The van der Waals surface area contributed by atoms with E-state index < -0.39 is 24.3 Å². The lowest BCUT2D eigenvalue weighted by atomic mass is 10.1. The molecular weight excluding hydrogens is 288 g/mol. The van der Waals surface area contributed by atoms with Crippen LogP contribution in [0, 0.1) is 6.92 Å². The molecule has 2 fully saturated rings. The van der Waals surface area contributed by atoms with Crippen molar-refractivity contribution in [1.29, 1.82) is 0 Å². The second kappa shape index (κ2) is 6.06. The number of carbonyl (C=O) groups excluding carboxylic acids is 2. The molecule has 22 heavy (non-hydrogen) atoms. The van der Waals surface area contributed by atoms with Crippen molar-refractivity contribution in [2.24, 2.45) is 0 Å². The van der Waals surface area contributed by atoms with Gasteiger partial charge in [0.1, 0.15) is 12.2 Å². The maximum absolute atomic E-state index is 12.1. The van der Waals surface area contributed by atoms with Crippen LogP contribution in [-0.4, -0.2) is 49.6 Å². The van der Waals surface area contributed by atoms with E-state index in [4.69, 9.17) is 18.9 Å². The van der Waals surface area contributed by atoms with E-state index in [1.807, 2.05) is 19.1 Å². The van der Waals surface area contributed by atoms with Gasteiger partial charge < -0.3 is 18.9 Å². The third-order valence-electron chi connectivity index (χ3n) is 3.83. The number of fused-ring (bicyclic) bond motifs is 1. The van der Waals surface area contributed by atoms with Crippen LogP contribution in [0.25, 0.3) is 0 Å². The van der Waals surface area contributed by atoms with Crippen LogP contribution in [0.5, 0.6) is 0 Å². The van der Waals surface area contributed by atoms with E-state index in [-0.39, 0.29) is 25.3 Å². The lowest BCUT2D eigenvalue weighted by Gasteiger charge is -2.17. The first kappa shape index (κ1) is 15.0. The van der Waals surface area contributed by atoms with Crippen molar-refractivity contribution in [3.8, 4) is 0 Å². The SMILES string of the molecule is CC(=O)OC1COC2C(OC(=O)c3ccc(C)cc3)COC12. The predicted octanol–water partition coefficient (Wildman–Crippen LogP) is 1.25. The smallest absolute Gasteiger partial charge is 0.338 e. The summed E-state index contributed by atoms with van der Waals surface area (Å²) >= 11 is 0. The summed E-state index contributed by atoms with van der Waals surface area (Å²) in [5.74, 6) is -0.785. The Morgan fingerprint density at radius 3 is 2.09 bits per heavy atom. The van der Waals surface area contributed by atoms with Gasteiger partial charge in [-0.05, 0) is 19.1 Å². The number of carbonyl (C=O) groups is 2. The summed E-state index contributed by atoms with van der Waals surface area (Å²) < 4.78 is 21.8. The van der Waals surface area contributed by atoms with Crippen molar-refractivity contribution in [3.05, 3.63) is 35.4 Å². The van der Waals surface area contributed by atoms with E-state index in [1.165, 1.54) is 6.92 Å². The van der Waals surface area contributed by atoms with Gasteiger partial charge in [-0.2, -0.15) is 0 Å². The number of aryl methyl sites for hydroxylation is 1. The van der Waals surface area contributed by atoms with Crippen molar-refractivity contribution in [2.45, 2.75) is 38.3 Å². The maximum Gasteiger partial charge on any atom is 0.338 e. The molecule has 0 aliphatic carbocycles. The standard InChI is InChI=1S/C16H18O6/c1-9-3-5-11(6-4-9)16(18)22-13-8-20-14-12(21-10(2)17)7-19-15(13)14/h3-6,12-15H,7-8H2,1-2H3. The number of ether oxygens (including phenoxy) is 4. The Balaban J connectivity index is 1.61. The van der Waals surface area contributed by atoms with Crippen LogP contribution >= 0.6 is 0 Å². The minimum atomic E-state index is -0.487. The zero-order chi connectivity index (χ0) is 15.7. The Hall–Kier alpha value is -1.92. The van der Waals surface area contributed by atoms with Gasteiger partial charge in [0.05, 0.1) is 18.8 Å². The summed E-state index contributed by atoms with van der Waals surface area (Å²) in [4.78, 5) is 23.2. The molecule has 1 aromatic rings. The first-order valence-electron chi connectivity index (χ1n) is 7.22. The van der Waals surface area contributed by atoms with Gasteiger partial charge in [-0.15, -0.1) is 0 Å². The zero-order valence-electron chi connectivity index (χ0n) is 12.5. The monoisotopic (exact) mass is 306 g/mol. The summed E-state index contributed by atoms with van der Waals surface area (Å²) in [6, 6.07) is 7.16. The molecule has 3 rings (SSSR count). The highest BCUT2D eigenvalue weighted by Crippen LogP contribution is 2.31. The summed E-state index contributed by atoms with van der Waals surface area (Å²) in [5, 5.41) is 0.